The zero-order valence-corrected chi connectivity index (χ0v) is 17.1. The molecule has 0 spiro atoms. The highest BCUT2D eigenvalue weighted by Gasteiger charge is 2.18. The van der Waals surface area contributed by atoms with Crippen LogP contribution >= 0.6 is 0 Å². The highest BCUT2D eigenvalue weighted by molar-refractivity contribution is 5.94. The summed E-state index contributed by atoms with van der Waals surface area (Å²) in [6.07, 6.45) is 0.907. The summed E-state index contributed by atoms with van der Waals surface area (Å²) in [7, 11) is 1.59. The van der Waals surface area contributed by atoms with Gasteiger partial charge >= 0.3 is 0 Å². The summed E-state index contributed by atoms with van der Waals surface area (Å²) >= 11 is 0. The van der Waals surface area contributed by atoms with Gasteiger partial charge < -0.3 is 14.8 Å². The SMILES string of the molecule is CCCOc1ccc(C(C)NC(C)C(=O)Nc2ccc([N+](=O)[O-])cc2)cc1OC. The Hall–Kier alpha value is -3.13. The molecule has 8 heteroatoms. The number of benzene rings is 2. The lowest BCUT2D eigenvalue weighted by Gasteiger charge is -2.21. The number of carbonyl (C=O) groups excluding carboxylic acids is 1. The largest absolute Gasteiger partial charge is 0.493 e. The van der Waals surface area contributed by atoms with E-state index >= 15 is 0 Å². The first kappa shape index (κ1) is 22.2. The highest BCUT2D eigenvalue weighted by Crippen LogP contribution is 2.30. The number of hydrogen-bond acceptors (Lipinski definition) is 6. The van der Waals surface area contributed by atoms with Gasteiger partial charge in [0.15, 0.2) is 11.5 Å². The van der Waals surface area contributed by atoms with Crippen LogP contribution in [0.3, 0.4) is 0 Å². The van der Waals surface area contributed by atoms with Crippen molar-refractivity contribution in [3.05, 3.63) is 58.1 Å². The van der Waals surface area contributed by atoms with Crippen molar-refractivity contribution in [3.63, 3.8) is 0 Å². The lowest BCUT2D eigenvalue weighted by atomic mass is 10.1. The van der Waals surface area contributed by atoms with Crippen LogP contribution in [0.5, 0.6) is 11.5 Å². The van der Waals surface area contributed by atoms with Crippen molar-refractivity contribution in [3.8, 4) is 11.5 Å². The molecule has 2 rings (SSSR count). The number of amides is 1. The molecule has 2 aromatic rings. The predicted molar refractivity (Wildman–Crippen MR) is 112 cm³/mol. The average Bonchev–Trinajstić information content (AvgIpc) is 2.72. The van der Waals surface area contributed by atoms with Crippen molar-refractivity contribution >= 4 is 17.3 Å². The van der Waals surface area contributed by atoms with E-state index in [1.807, 2.05) is 32.0 Å². The summed E-state index contributed by atoms with van der Waals surface area (Å²) in [5.41, 5.74) is 1.43. The average molecular weight is 401 g/mol. The van der Waals surface area contributed by atoms with E-state index in [9.17, 15) is 14.9 Å². The number of nitro groups is 1. The molecule has 0 aliphatic heterocycles. The number of methoxy groups -OCH3 is 1. The molecule has 0 heterocycles. The van der Waals surface area contributed by atoms with Gasteiger partial charge in [-0.05, 0) is 50.1 Å². The standard InChI is InChI=1S/C21H27N3O5/c1-5-12-29-19-11-6-16(13-20(19)28-4)14(2)22-15(3)21(25)23-17-7-9-18(10-8-17)24(26)27/h6-11,13-15,22H,5,12H2,1-4H3,(H,23,25). The van der Waals surface area contributed by atoms with Crippen LogP contribution in [0.25, 0.3) is 0 Å². The summed E-state index contributed by atoms with van der Waals surface area (Å²) in [6, 6.07) is 10.8. The smallest absolute Gasteiger partial charge is 0.269 e. The van der Waals surface area contributed by atoms with E-state index in [0.29, 0.717) is 23.8 Å². The first-order chi connectivity index (χ1) is 13.8. The van der Waals surface area contributed by atoms with E-state index in [1.165, 1.54) is 24.3 Å². The fourth-order valence-corrected chi connectivity index (χ4v) is 2.75. The minimum absolute atomic E-state index is 0.0249. The lowest BCUT2D eigenvalue weighted by molar-refractivity contribution is -0.384. The maximum atomic E-state index is 12.4. The second kappa shape index (κ2) is 10.4. The Morgan fingerprint density at radius 3 is 2.41 bits per heavy atom. The highest BCUT2D eigenvalue weighted by atomic mass is 16.6. The Labute approximate surface area is 170 Å². The maximum absolute atomic E-state index is 12.4. The number of non-ortho nitro benzene ring substituents is 1. The fourth-order valence-electron chi connectivity index (χ4n) is 2.75. The topological polar surface area (TPSA) is 103 Å². The third-order valence-corrected chi connectivity index (χ3v) is 4.39. The lowest BCUT2D eigenvalue weighted by Crippen LogP contribution is -2.39. The Morgan fingerprint density at radius 2 is 1.83 bits per heavy atom. The van der Waals surface area contributed by atoms with Gasteiger partial charge in [0.05, 0.1) is 24.7 Å². The third-order valence-electron chi connectivity index (χ3n) is 4.39. The van der Waals surface area contributed by atoms with Gasteiger partial charge in [0.2, 0.25) is 5.91 Å². The summed E-state index contributed by atoms with van der Waals surface area (Å²) in [4.78, 5) is 22.7. The monoisotopic (exact) mass is 401 g/mol. The number of nitrogens with one attached hydrogen (secondary N) is 2. The number of nitro benzene ring substituents is 1. The molecule has 29 heavy (non-hydrogen) atoms. The molecule has 2 N–H and O–H groups in total. The molecule has 0 bridgehead atoms. The molecule has 2 aromatic carbocycles. The Balaban J connectivity index is 1.99. The molecule has 8 nitrogen and oxygen atoms in total. The second-order valence-electron chi connectivity index (χ2n) is 6.66. The minimum atomic E-state index is -0.484. The van der Waals surface area contributed by atoms with Crippen LogP contribution < -0.4 is 20.1 Å². The van der Waals surface area contributed by atoms with Crippen molar-refractivity contribution in [1.82, 2.24) is 5.32 Å². The number of carbonyl (C=O) groups is 1. The zero-order valence-electron chi connectivity index (χ0n) is 17.1. The van der Waals surface area contributed by atoms with Gasteiger partial charge in [-0.3, -0.25) is 20.2 Å². The number of hydrogen-bond donors (Lipinski definition) is 2. The van der Waals surface area contributed by atoms with Gasteiger partial charge in [-0.25, -0.2) is 0 Å². The molecular weight excluding hydrogens is 374 g/mol. The molecular formula is C21H27N3O5. The fraction of sp³-hybridized carbons (Fsp3) is 0.381. The minimum Gasteiger partial charge on any atom is -0.493 e. The number of nitrogens with zero attached hydrogens (tertiary/aromatic N) is 1. The normalized spacial score (nSPS) is 12.7. The predicted octanol–water partition coefficient (Wildman–Crippen LogP) is 4.07. The molecule has 0 saturated carbocycles. The third kappa shape index (κ3) is 6.18. The molecule has 156 valence electrons. The van der Waals surface area contributed by atoms with Crippen LogP contribution in [0.15, 0.2) is 42.5 Å². The van der Waals surface area contributed by atoms with Crippen molar-refractivity contribution in [2.75, 3.05) is 19.0 Å². The van der Waals surface area contributed by atoms with E-state index in [4.69, 9.17) is 9.47 Å². The number of anilines is 1. The Bertz CT molecular complexity index is 839. The zero-order chi connectivity index (χ0) is 21.4. The van der Waals surface area contributed by atoms with Crippen LogP contribution in [-0.4, -0.2) is 30.6 Å². The molecule has 0 aliphatic rings. The summed E-state index contributed by atoms with van der Waals surface area (Å²) < 4.78 is 11.1. The van der Waals surface area contributed by atoms with Gasteiger partial charge in [-0.15, -0.1) is 0 Å². The van der Waals surface area contributed by atoms with Crippen LogP contribution in [0.4, 0.5) is 11.4 Å². The van der Waals surface area contributed by atoms with E-state index in [-0.39, 0.29) is 17.6 Å². The van der Waals surface area contributed by atoms with Gasteiger partial charge in [0.25, 0.3) is 5.69 Å². The molecule has 0 radical (unpaired) electrons. The van der Waals surface area contributed by atoms with Gasteiger partial charge in [-0.1, -0.05) is 13.0 Å². The molecule has 0 aromatic heterocycles. The second-order valence-corrected chi connectivity index (χ2v) is 6.66. The summed E-state index contributed by atoms with van der Waals surface area (Å²) in [5, 5.41) is 16.7. The molecule has 0 aliphatic carbocycles. The quantitative estimate of drug-likeness (QED) is 0.459. The van der Waals surface area contributed by atoms with E-state index in [2.05, 4.69) is 10.6 Å². The van der Waals surface area contributed by atoms with Gasteiger partial charge in [0, 0.05) is 23.9 Å². The van der Waals surface area contributed by atoms with Crippen molar-refractivity contribution in [2.24, 2.45) is 0 Å². The van der Waals surface area contributed by atoms with Crippen LogP contribution in [0, 0.1) is 10.1 Å². The van der Waals surface area contributed by atoms with E-state index in [0.717, 1.165) is 12.0 Å². The van der Waals surface area contributed by atoms with E-state index in [1.54, 1.807) is 14.0 Å². The summed E-state index contributed by atoms with van der Waals surface area (Å²) in [5.74, 6) is 1.10. The van der Waals surface area contributed by atoms with Gasteiger partial charge in [0.1, 0.15) is 0 Å². The van der Waals surface area contributed by atoms with Crippen LogP contribution in [0.1, 0.15) is 38.8 Å². The molecule has 0 fully saturated rings. The number of rotatable bonds is 10. The van der Waals surface area contributed by atoms with E-state index < -0.39 is 11.0 Å². The molecule has 1 amide bonds. The van der Waals surface area contributed by atoms with Crippen molar-refractivity contribution in [2.45, 2.75) is 39.3 Å². The molecule has 2 atom stereocenters. The molecule has 2 unspecified atom stereocenters. The molecule has 0 saturated heterocycles. The van der Waals surface area contributed by atoms with Crippen molar-refractivity contribution < 1.29 is 19.2 Å². The first-order valence-corrected chi connectivity index (χ1v) is 9.47. The van der Waals surface area contributed by atoms with Crippen LogP contribution in [0.2, 0.25) is 0 Å². The van der Waals surface area contributed by atoms with Crippen molar-refractivity contribution in [1.29, 1.82) is 0 Å². The Kier molecular flexibility index (Phi) is 7.97. The Morgan fingerprint density at radius 1 is 1.14 bits per heavy atom. The number of ether oxygens (including phenoxy) is 2. The maximum Gasteiger partial charge on any atom is 0.269 e. The first-order valence-electron chi connectivity index (χ1n) is 9.47. The van der Waals surface area contributed by atoms with Gasteiger partial charge in [-0.2, -0.15) is 0 Å². The van der Waals surface area contributed by atoms with Crippen LogP contribution in [-0.2, 0) is 4.79 Å². The summed E-state index contributed by atoms with van der Waals surface area (Å²) in [6.45, 7) is 6.36.